The molecule has 218 valence electrons. The van der Waals surface area contributed by atoms with E-state index in [1.807, 2.05) is 17.4 Å². The van der Waals surface area contributed by atoms with E-state index < -0.39 is 0 Å². The van der Waals surface area contributed by atoms with E-state index in [2.05, 4.69) is 152 Å². The van der Waals surface area contributed by atoms with E-state index in [-0.39, 0.29) is 5.41 Å². The molecule has 0 aliphatic heterocycles. The second kappa shape index (κ2) is 9.32. The highest BCUT2D eigenvalue weighted by molar-refractivity contribution is 7.26. The molecule has 10 rings (SSSR count). The SMILES string of the molecule is CC1(C)c2ccccc2-c2c(N(c3ccc4oc5ccccc5c4c3)c3cc4c5ccccc5sc4c4ccccc34)cccc21. The number of nitrogens with zero attached hydrogens (tertiary/aromatic N) is 1. The maximum Gasteiger partial charge on any atom is 0.135 e. The van der Waals surface area contributed by atoms with Gasteiger partial charge in [0.25, 0.3) is 0 Å². The van der Waals surface area contributed by atoms with Crippen LogP contribution in [0.1, 0.15) is 25.0 Å². The zero-order valence-electron chi connectivity index (χ0n) is 25.5. The van der Waals surface area contributed by atoms with E-state index in [0.29, 0.717) is 0 Å². The molecule has 2 nitrogen and oxygen atoms in total. The van der Waals surface area contributed by atoms with Crippen LogP contribution in [0.25, 0.3) is 64.0 Å². The predicted octanol–water partition coefficient (Wildman–Crippen LogP) is 12.9. The summed E-state index contributed by atoms with van der Waals surface area (Å²) < 4.78 is 8.94. The van der Waals surface area contributed by atoms with Crippen molar-refractivity contribution in [1.82, 2.24) is 0 Å². The Hall–Kier alpha value is -5.38. The first-order valence-corrected chi connectivity index (χ1v) is 16.7. The minimum absolute atomic E-state index is 0.103. The van der Waals surface area contributed by atoms with Crippen LogP contribution in [0.4, 0.5) is 17.1 Å². The third kappa shape index (κ3) is 3.46. The van der Waals surface area contributed by atoms with Crippen molar-refractivity contribution < 1.29 is 4.42 Å². The molecule has 0 radical (unpaired) electrons. The van der Waals surface area contributed by atoms with Gasteiger partial charge in [-0.2, -0.15) is 0 Å². The maximum absolute atomic E-state index is 6.29. The van der Waals surface area contributed by atoms with Crippen LogP contribution in [0.5, 0.6) is 0 Å². The van der Waals surface area contributed by atoms with Crippen molar-refractivity contribution in [2.45, 2.75) is 19.3 Å². The average Bonchev–Trinajstić information content (AvgIpc) is 3.73. The lowest BCUT2D eigenvalue weighted by Gasteiger charge is -2.30. The van der Waals surface area contributed by atoms with Gasteiger partial charge in [-0.05, 0) is 59.2 Å². The summed E-state index contributed by atoms with van der Waals surface area (Å²) in [5.41, 5.74) is 10.5. The number of rotatable bonds is 3. The van der Waals surface area contributed by atoms with Gasteiger partial charge < -0.3 is 9.32 Å². The molecule has 0 fully saturated rings. The number of fused-ring (bicyclic) bond motifs is 11. The van der Waals surface area contributed by atoms with Gasteiger partial charge in [-0.3, -0.25) is 0 Å². The fraction of sp³-hybridized carbons (Fsp3) is 0.0698. The molecule has 0 unspecified atom stereocenters. The fourth-order valence-corrected chi connectivity index (χ4v) is 9.12. The van der Waals surface area contributed by atoms with Crippen LogP contribution in [-0.4, -0.2) is 0 Å². The van der Waals surface area contributed by atoms with Crippen molar-refractivity contribution in [2.24, 2.45) is 0 Å². The van der Waals surface area contributed by atoms with E-state index in [0.717, 1.165) is 27.6 Å². The second-order valence-electron chi connectivity index (χ2n) is 12.9. The molecule has 0 saturated heterocycles. The smallest absolute Gasteiger partial charge is 0.135 e. The first-order valence-electron chi connectivity index (χ1n) is 15.9. The summed E-state index contributed by atoms with van der Waals surface area (Å²) in [6, 6.07) is 51.0. The number of thiophene rings is 1. The van der Waals surface area contributed by atoms with Crippen molar-refractivity contribution in [3.8, 4) is 11.1 Å². The van der Waals surface area contributed by atoms with E-state index in [1.165, 1.54) is 64.6 Å². The zero-order chi connectivity index (χ0) is 30.6. The van der Waals surface area contributed by atoms with Gasteiger partial charge in [-0.25, -0.2) is 0 Å². The monoisotopic (exact) mass is 607 g/mol. The fourth-order valence-electron chi connectivity index (χ4n) is 7.90. The summed E-state index contributed by atoms with van der Waals surface area (Å²) in [5, 5.41) is 7.37. The van der Waals surface area contributed by atoms with E-state index in [4.69, 9.17) is 4.42 Å². The highest BCUT2D eigenvalue weighted by atomic mass is 32.1. The van der Waals surface area contributed by atoms with E-state index in [9.17, 15) is 0 Å². The Morgan fingerprint density at radius 2 is 1.22 bits per heavy atom. The van der Waals surface area contributed by atoms with Crippen LogP contribution in [-0.2, 0) is 5.41 Å². The lowest BCUT2D eigenvalue weighted by atomic mass is 9.82. The lowest BCUT2D eigenvalue weighted by molar-refractivity contribution is 0.660. The molecule has 2 aromatic heterocycles. The molecular formula is C43H29NOS. The molecule has 1 aliphatic carbocycles. The Morgan fingerprint density at radius 3 is 2.11 bits per heavy atom. The molecule has 0 saturated carbocycles. The molecule has 7 aromatic carbocycles. The number of hydrogen-bond acceptors (Lipinski definition) is 3. The quantitative estimate of drug-likeness (QED) is 0.199. The summed E-state index contributed by atoms with van der Waals surface area (Å²) in [4.78, 5) is 2.51. The van der Waals surface area contributed by atoms with Crippen molar-refractivity contribution in [2.75, 3.05) is 4.90 Å². The molecule has 1 aliphatic rings. The Balaban J connectivity index is 1.35. The number of benzene rings is 7. The van der Waals surface area contributed by atoms with E-state index in [1.54, 1.807) is 0 Å². The average molecular weight is 608 g/mol. The molecule has 3 heteroatoms. The Bertz CT molecular complexity index is 2690. The van der Waals surface area contributed by atoms with Crippen LogP contribution in [0.15, 0.2) is 144 Å². The third-order valence-electron chi connectivity index (χ3n) is 10.0. The van der Waals surface area contributed by atoms with Crippen LogP contribution in [0.3, 0.4) is 0 Å². The lowest BCUT2D eigenvalue weighted by Crippen LogP contribution is -2.16. The van der Waals surface area contributed by atoms with Gasteiger partial charge in [0.05, 0.1) is 11.4 Å². The van der Waals surface area contributed by atoms with Gasteiger partial charge in [-0.1, -0.05) is 111 Å². The molecule has 0 atom stereocenters. The standard InChI is InChI=1S/C43H29NOS/c1-43(2)34-17-8-5-16-31(34)41-35(43)18-11-19-36(41)44(26-22-23-39-32(24-26)28-13-6-9-20-38(28)45-39)37-25-33-29-14-7-10-21-40(29)46-42(33)30-15-4-3-12-27(30)37/h3-25H,1-2H3. The zero-order valence-corrected chi connectivity index (χ0v) is 26.4. The Labute approximate surface area is 270 Å². The molecule has 0 spiro atoms. The van der Waals surface area contributed by atoms with Crippen molar-refractivity contribution in [3.63, 3.8) is 0 Å². The van der Waals surface area contributed by atoms with Crippen molar-refractivity contribution in [1.29, 1.82) is 0 Å². The number of para-hydroxylation sites is 1. The highest BCUT2D eigenvalue weighted by Gasteiger charge is 2.38. The number of hydrogen-bond donors (Lipinski definition) is 0. The van der Waals surface area contributed by atoms with Crippen LogP contribution in [0, 0.1) is 0 Å². The summed E-state index contributed by atoms with van der Waals surface area (Å²) in [6.07, 6.45) is 0. The van der Waals surface area contributed by atoms with Gasteiger partial charge in [0.2, 0.25) is 0 Å². The first-order chi connectivity index (χ1) is 22.6. The molecule has 0 bridgehead atoms. The van der Waals surface area contributed by atoms with Gasteiger partial charge in [0.15, 0.2) is 0 Å². The summed E-state index contributed by atoms with van der Waals surface area (Å²) in [6.45, 7) is 4.71. The Kier molecular flexibility index (Phi) is 5.25. The normalized spacial score (nSPS) is 13.6. The summed E-state index contributed by atoms with van der Waals surface area (Å²) in [7, 11) is 0. The summed E-state index contributed by atoms with van der Waals surface area (Å²) in [5.74, 6) is 0. The molecule has 9 aromatic rings. The third-order valence-corrected chi connectivity index (χ3v) is 11.3. The number of furan rings is 1. The van der Waals surface area contributed by atoms with Crippen molar-refractivity contribution in [3.05, 3.63) is 151 Å². The predicted molar refractivity (Wildman–Crippen MR) is 196 cm³/mol. The van der Waals surface area contributed by atoms with Crippen molar-refractivity contribution >= 4 is 81.3 Å². The minimum atomic E-state index is -0.103. The Morgan fingerprint density at radius 1 is 0.522 bits per heavy atom. The van der Waals surface area contributed by atoms with Gasteiger partial charge in [0.1, 0.15) is 11.2 Å². The van der Waals surface area contributed by atoms with Gasteiger partial charge in [-0.15, -0.1) is 11.3 Å². The van der Waals surface area contributed by atoms with Gasteiger partial charge >= 0.3 is 0 Å². The largest absolute Gasteiger partial charge is 0.456 e. The topological polar surface area (TPSA) is 16.4 Å². The van der Waals surface area contributed by atoms with Crippen LogP contribution >= 0.6 is 11.3 Å². The molecule has 46 heavy (non-hydrogen) atoms. The molecule has 0 N–H and O–H groups in total. The van der Waals surface area contributed by atoms with Crippen LogP contribution < -0.4 is 4.90 Å². The van der Waals surface area contributed by atoms with E-state index >= 15 is 0 Å². The number of anilines is 3. The molecule has 0 amide bonds. The minimum Gasteiger partial charge on any atom is -0.456 e. The van der Waals surface area contributed by atoms with Gasteiger partial charge in [0, 0.05) is 58.4 Å². The van der Waals surface area contributed by atoms with Crippen LogP contribution in [0.2, 0.25) is 0 Å². The highest BCUT2D eigenvalue weighted by Crippen LogP contribution is 2.55. The second-order valence-corrected chi connectivity index (χ2v) is 14.0. The molecular weight excluding hydrogens is 579 g/mol. The molecule has 2 heterocycles. The maximum atomic E-state index is 6.29. The first kappa shape index (κ1) is 25.9. The summed E-state index contributed by atoms with van der Waals surface area (Å²) >= 11 is 1.89.